The van der Waals surface area contributed by atoms with Gasteiger partial charge in [-0.25, -0.2) is 265 Å². The van der Waals surface area contributed by atoms with E-state index in [0.717, 1.165) is 0 Å². The second kappa shape index (κ2) is 208. The Kier molecular flexibility index (Phi) is 366. The molecule has 0 aliphatic rings. The number of hydrogen-bond acceptors (Lipinski definition) is 61. The molecule has 0 aromatic rings. The SMILES string of the molecule is O=P(=O)O.O=P(=O)O.O=P(=O)O.O=P(=O)O.O=P(=O)O.O=P(=O)O.O=P(=O)O.O=P(=O)O.O=P(=O)O.O=P(=O)O.O=P(=O)O.O=P(=O)O.O=P(=O)O.O=P(=O)O.O=P(=O)O.O=P(=O)O.O=P(=O)O.O=P(=O)O.O=P(=O)O.O=P(=O)O.O=P(=O)O.O=P(=O)O.O=P(=O)O.O=P(=O)O.O=P(=O)O.O=P(=O)O.O=P(=O)O.O=P(=O)O.O=P(=O)O.O=P(=O)[O-].[Na+]. The molecule has 0 spiro atoms. The molecule has 0 bridgehead atoms. The zero-order valence-corrected chi connectivity index (χ0v) is 81.1. The van der Waals surface area contributed by atoms with E-state index in [1.165, 1.54) is 0 Å². The first-order valence-corrected chi connectivity index (χ1v) is 50.8. The topological polar surface area (TPSA) is 1630 Å². The summed E-state index contributed by atoms with van der Waals surface area (Å²) in [6.07, 6.45) is 0. The van der Waals surface area contributed by atoms with Crippen molar-refractivity contribution in [1.29, 1.82) is 0 Å². The molecule has 0 saturated carbocycles. The molecule has 0 radical (unpaired) electrons. The maximum Gasteiger partial charge on any atom is 1.00 e. The zero-order chi connectivity index (χ0) is 107. The first-order valence-electron chi connectivity index (χ1n) is 16.9. The van der Waals surface area contributed by atoms with E-state index < -0.39 is 237 Å². The summed E-state index contributed by atoms with van der Waals surface area (Å²) >= 11 is 0. The summed E-state index contributed by atoms with van der Waals surface area (Å²) in [7, 11) is -93.9. The van der Waals surface area contributed by atoms with Gasteiger partial charge in [-0.2, -0.15) is 0 Å². The summed E-state index contributed by atoms with van der Waals surface area (Å²) < 4.78 is 515. The Labute approximate surface area is 684 Å². The van der Waals surface area contributed by atoms with Crippen molar-refractivity contribution in [1.82, 2.24) is 0 Å². The molecular weight excluding hydrogens is 2390 g/mol. The van der Waals surface area contributed by atoms with Crippen LogP contribution in [0.15, 0.2) is 0 Å². The van der Waals surface area contributed by atoms with Crippen LogP contribution in [-0.2, 0) is 274 Å². The average Bonchev–Trinajstić information content (AvgIpc) is 3.29. The maximum absolute atomic E-state index is 8.59. The molecule has 121 heteroatoms. The minimum Gasteiger partial charge on any atom is -0.744 e. The van der Waals surface area contributed by atoms with Gasteiger partial charge in [-0.15, -0.1) is 0 Å². The minimum absolute atomic E-state index is 0. The summed E-state index contributed by atoms with van der Waals surface area (Å²) in [6, 6.07) is 0. The molecule has 0 saturated heterocycles. The first-order chi connectivity index (χ1) is 52.0. The molecule has 0 atom stereocenters. The molecule has 0 heterocycles. The third-order valence-electron chi connectivity index (χ3n) is 0. The van der Waals surface area contributed by atoms with Gasteiger partial charge in [-0.3, -0.25) is 151 Å². The smallest absolute Gasteiger partial charge is 0.744 e. The van der Waals surface area contributed by atoms with Gasteiger partial charge in [0.25, 0.3) is 0 Å². The second-order valence-electron chi connectivity index (χ2n) is 7.12. The molecular formula is H29NaO90P30. The van der Waals surface area contributed by atoms with Crippen LogP contribution in [0, 0.1) is 0 Å². The predicted octanol–water partition coefficient (Wildman–Crippen LogP) is -1.63. The summed E-state index contributed by atoms with van der Waals surface area (Å²) in [5.74, 6) is 0. The Bertz CT molecular complexity index is 3030. The second-order valence-corrected chi connectivity index (χ2v) is 21.4. The van der Waals surface area contributed by atoms with Gasteiger partial charge in [-0.05, 0) is 0 Å². The van der Waals surface area contributed by atoms with Crippen molar-refractivity contribution in [2.45, 2.75) is 0 Å². The predicted molar refractivity (Wildman–Crippen MR) is 313 cm³/mol. The van der Waals surface area contributed by atoms with Crippen molar-refractivity contribution < 1.29 is 450 Å². The third-order valence-corrected chi connectivity index (χ3v) is 0. The Balaban J connectivity index is -0.0000000239. The summed E-state index contributed by atoms with van der Waals surface area (Å²) in [6.45, 7) is 0. The van der Waals surface area contributed by atoms with Crippen LogP contribution in [0.3, 0.4) is 0 Å². The van der Waals surface area contributed by atoms with E-state index in [0.29, 0.717) is 0 Å². The average molecular weight is 2420 g/mol. The number of hydrogen-bond donors (Lipinski definition) is 29. The van der Waals surface area contributed by atoms with Crippen LogP contribution < -0.4 is 34.5 Å². The Morgan fingerprint density at radius 1 is 0.0826 bits per heavy atom. The van der Waals surface area contributed by atoms with Gasteiger partial charge in [-0.1, -0.05) is 0 Å². The molecule has 0 amide bonds. The van der Waals surface area contributed by atoms with Gasteiger partial charge < -0.3 is 4.89 Å². The van der Waals surface area contributed by atoms with Crippen LogP contribution >= 0.6 is 237 Å². The van der Waals surface area contributed by atoms with Crippen LogP contribution in [0.5, 0.6) is 0 Å². The molecule has 0 aromatic heterocycles. The quantitative estimate of drug-likeness (QED) is 0.0956. The van der Waals surface area contributed by atoms with Gasteiger partial charge in [0.15, 0.2) is 0 Å². The van der Waals surface area contributed by atoms with Crippen molar-refractivity contribution in [3.05, 3.63) is 0 Å². The normalized spacial score (nSPS) is 6.20. The van der Waals surface area contributed by atoms with E-state index >= 15 is 0 Å². The van der Waals surface area contributed by atoms with Crippen LogP contribution in [0.1, 0.15) is 0 Å². The van der Waals surface area contributed by atoms with Gasteiger partial charge >= 0.3 is 259 Å². The van der Waals surface area contributed by atoms with Gasteiger partial charge in [0.1, 0.15) is 0 Å². The van der Waals surface area contributed by atoms with E-state index in [2.05, 4.69) is 0 Å². The summed E-state index contributed by atoms with van der Waals surface area (Å²) in [4.78, 5) is 212. The molecule has 121 heavy (non-hydrogen) atoms. The largest absolute Gasteiger partial charge is 1.00 e. The molecule has 0 unspecified atom stereocenters. The van der Waals surface area contributed by atoms with Gasteiger partial charge in [0.2, 0.25) is 7.91 Å². The Morgan fingerprint density at radius 3 is 0.0826 bits per heavy atom. The summed E-state index contributed by atoms with van der Waals surface area (Å²) in [5, 5.41) is 0. The fraction of sp³-hybridized carbons (Fsp3) is 0. The fourth-order valence-electron chi connectivity index (χ4n) is 0. The third kappa shape index (κ3) is 150000. The van der Waals surface area contributed by atoms with Crippen molar-refractivity contribution in [3.8, 4) is 0 Å². The maximum atomic E-state index is 8.59. The molecule has 720 valence electrons. The van der Waals surface area contributed by atoms with Crippen LogP contribution in [0.4, 0.5) is 0 Å². The molecule has 0 rings (SSSR count). The van der Waals surface area contributed by atoms with Crippen molar-refractivity contribution in [2.24, 2.45) is 0 Å². The van der Waals surface area contributed by atoms with Crippen LogP contribution in [-0.4, -0.2) is 142 Å². The Morgan fingerprint density at radius 2 is 0.0826 bits per heavy atom. The Hall–Kier alpha value is -3.20. The van der Waals surface area contributed by atoms with Crippen LogP contribution in [0.2, 0.25) is 0 Å². The van der Waals surface area contributed by atoms with E-state index in [4.69, 9.17) is 421 Å². The minimum atomic E-state index is -3.37. The van der Waals surface area contributed by atoms with Crippen molar-refractivity contribution >= 4 is 237 Å². The molecule has 0 fully saturated rings. The van der Waals surface area contributed by atoms with Crippen molar-refractivity contribution in [3.63, 3.8) is 0 Å². The fourth-order valence-corrected chi connectivity index (χ4v) is 0. The molecule has 0 aliphatic heterocycles. The van der Waals surface area contributed by atoms with Crippen molar-refractivity contribution in [2.75, 3.05) is 0 Å². The standard InChI is InChI=1S/Na.30HO3P/c;30*1-4(2)3/h;30*(H,1,2,3)/q+1;;;;;;;;;;;;;;;;;;;;;;;;;;;;;;/p-1. The van der Waals surface area contributed by atoms with Gasteiger partial charge in [0, 0.05) is 0 Å². The van der Waals surface area contributed by atoms with E-state index in [1.54, 1.807) is 0 Å². The monoisotopic (exact) mass is 2420 g/mol. The number of rotatable bonds is 0. The molecule has 0 aliphatic carbocycles. The van der Waals surface area contributed by atoms with Crippen LogP contribution in [0.25, 0.3) is 0 Å². The van der Waals surface area contributed by atoms with E-state index in [9.17, 15) is 0 Å². The van der Waals surface area contributed by atoms with Gasteiger partial charge in [0.05, 0.1) is 0 Å². The van der Waals surface area contributed by atoms with E-state index in [-0.39, 0.29) is 29.6 Å². The molecule has 29 N–H and O–H groups in total. The zero-order valence-electron chi connectivity index (χ0n) is 52.3. The first kappa shape index (κ1) is 213. The van der Waals surface area contributed by atoms with E-state index in [1.807, 2.05) is 0 Å². The molecule has 0 aromatic carbocycles. The molecule has 90 nitrogen and oxygen atoms in total. The summed E-state index contributed by atoms with van der Waals surface area (Å²) in [5.41, 5.74) is 0.